The molecule has 0 radical (unpaired) electrons. The number of alkyl halides is 3. The van der Waals surface area contributed by atoms with E-state index >= 15 is 0 Å². The standard InChI is InChI=1S/C29H28F5N7O2/c1-15-25(35)27(29(32,33)34)39-41(15)14-24(42)38-22(11-16-9-18(30)13-19(31)10-16)26-20(5-4-8-37-26)17-6-7-23(40(2)3)21(12-17)28(36)43/h4-10,12-13,22H,11,14,35H2,1-3H3,(H2,36,43)(H,38,42)/t22-/m0/s1. The van der Waals surface area contributed by atoms with Gasteiger partial charge in [-0.2, -0.15) is 18.3 Å². The highest BCUT2D eigenvalue weighted by Crippen LogP contribution is 2.35. The predicted molar refractivity (Wildman–Crippen MR) is 150 cm³/mol. The van der Waals surface area contributed by atoms with Crippen LogP contribution in [-0.4, -0.2) is 40.7 Å². The highest BCUT2D eigenvalue weighted by Gasteiger charge is 2.38. The average Bonchev–Trinajstić information content (AvgIpc) is 3.20. The molecular formula is C29H28F5N7O2. The minimum Gasteiger partial charge on any atom is -0.395 e. The van der Waals surface area contributed by atoms with E-state index in [4.69, 9.17) is 11.5 Å². The Bertz CT molecular complexity index is 1660. The van der Waals surface area contributed by atoms with Gasteiger partial charge in [0.1, 0.15) is 18.2 Å². The SMILES string of the molecule is Cc1c(N)c(C(F)(F)F)nn1CC(=O)N[C@@H](Cc1cc(F)cc(F)c1)c1ncccc1-c1ccc(N(C)C)c(C(N)=O)c1. The monoisotopic (exact) mass is 601 g/mol. The van der Waals surface area contributed by atoms with Gasteiger partial charge in [0.25, 0.3) is 5.91 Å². The zero-order chi connectivity index (χ0) is 31.6. The number of hydrogen-bond acceptors (Lipinski definition) is 6. The first kappa shape index (κ1) is 30.9. The maximum atomic E-state index is 14.1. The van der Waals surface area contributed by atoms with E-state index in [1.165, 1.54) is 13.1 Å². The molecule has 2 aromatic carbocycles. The van der Waals surface area contributed by atoms with E-state index < -0.39 is 53.6 Å². The Kier molecular flexibility index (Phi) is 8.69. The summed E-state index contributed by atoms with van der Waals surface area (Å²) in [5, 5.41) is 6.18. The Morgan fingerprint density at radius 2 is 1.74 bits per heavy atom. The minimum atomic E-state index is -4.82. The van der Waals surface area contributed by atoms with Crippen molar-refractivity contribution in [2.75, 3.05) is 24.7 Å². The third kappa shape index (κ3) is 6.90. The number of amides is 2. The van der Waals surface area contributed by atoms with Crippen LogP contribution in [0.1, 0.15) is 39.0 Å². The fraction of sp³-hybridized carbons (Fsp3) is 0.241. The molecule has 4 aromatic rings. The Morgan fingerprint density at radius 1 is 1.07 bits per heavy atom. The van der Waals surface area contributed by atoms with E-state index in [1.807, 2.05) is 0 Å². The molecule has 0 saturated heterocycles. The molecule has 0 aliphatic rings. The topological polar surface area (TPSA) is 132 Å². The highest BCUT2D eigenvalue weighted by atomic mass is 19.4. The van der Waals surface area contributed by atoms with Crippen molar-refractivity contribution in [2.24, 2.45) is 5.73 Å². The number of aromatic nitrogens is 3. The summed E-state index contributed by atoms with van der Waals surface area (Å²) in [5.74, 6) is -3.12. The van der Waals surface area contributed by atoms with Crippen LogP contribution in [0, 0.1) is 18.6 Å². The van der Waals surface area contributed by atoms with E-state index in [1.54, 1.807) is 49.3 Å². The van der Waals surface area contributed by atoms with Gasteiger partial charge in [0.2, 0.25) is 5.91 Å². The van der Waals surface area contributed by atoms with Crippen molar-refractivity contribution in [3.8, 4) is 11.1 Å². The van der Waals surface area contributed by atoms with Crippen LogP contribution >= 0.6 is 0 Å². The van der Waals surface area contributed by atoms with Crippen LogP contribution in [0.3, 0.4) is 0 Å². The van der Waals surface area contributed by atoms with Gasteiger partial charge in [-0.1, -0.05) is 12.1 Å². The molecule has 5 N–H and O–H groups in total. The maximum Gasteiger partial charge on any atom is 0.437 e. The minimum absolute atomic E-state index is 0.0651. The lowest BCUT2D eigenvalue weighted by molar-refractivity contribution is -0.141. The number of nitrogens with zero attached hydrogens (tertiary/aromatic N) is 4. The number of halogens is 5. The summed E-state index contributed by atoms with van der Waals surface area (Å²) in [6.45, 7) is 0.661. The Morgan fingerprint density at radius 3 is 2.33 bits per heavy atom. The number of benzene rings is 2. The average molecular weight is 602 g/mol. The normalized spacial score (nSPS) is 12.2. The third-order valence-electron chi connectivity index (χ3n) is 6.74. The molecule has 0 fully saturated rings. The molecule has 0 aliphatic carbocycles. The van der Waals surface area contributed by atoms with Crippen LogP contribution in [0.15, 0.2) is 54.7 Å². The van der Waals surface area contributed by atoms with Crippen LogP contribution in [-0.2, 0) is 23.9 Å². The number of nitrogens with two attached hydrogens (primary N) is 2. The lowest BCUT2D eigenvalue weighted by Crippen LogP contribution is -2.34. The van der Waals surface area contributed by atoms with Gasteiger partial charge in [0, 0.05) is 37.6 Å². The van der Waals surface area contributed by atoms with Crippen LogP contribution in [0.5, 0.6) is 0 Å². The second kappa shape index (κ2) is 12.1. The van der Waals surface area contributed by atoms with Gasteiger partial charge in [-0.05, 0) is 54.8 Å². The summed E-state index contributed by atoms with van der Waals surface area (Å²) >= 11 is 0. The van der Waals surface area contributed by atoms with Crippen LogP contribution < -0.4 is 21.7 Å². The first-order chi connectivity index (χ1) is 20.1. The number of rotatable bonds is 9. The van der Waals surface area contributed by atoms with Gasteiger partial charge in [-0.15, -0.1) is 0 Å². The van der Waals surface area contributed by atoms with Crippen molar-refractivity contribution in [1.82, 2.24) is 20.1 Å². The molecule has 0 bridgehead atoms. The van der Waals surface area contributed by atoms with Crippen molar-refractivity contribution in [2.45, 2.75) is 32.1 Å². The molecule has 2 amide bonds. The molecule has 0 aliphatic heterocycles. The van der Waals surface area contributed by atoms with Gasteiger partial charge in [0.05, 0.1) is 28.7 Å². The zero-order valence-electron chi connectivity index (χ0n) is 23.3. The molecule has 226 valence electrons. The number of anilines is 2. The quantitative estimate of drug-likeness (QED) is 0.244. The molecular weight excluding hydrogens is 573 g/mol. The Labute approximate surface area is 243 Å². The summed E-state index contributed by atoms with van der Waals surface area (Å²) in [6, 6.07) is 10.1. The number of carbonyl (C=O) groups is 2. The molecule has 43 heavy (non-hydrogen) atoms. The first-order valence-electron chi connectivity index (χ1n) is 12.9. The fourth-order valence-electron chi connectivity index (χ4n) is 4.71. The maximum absolute atomic E-state index is 14.1. The van der Waals surface area contributed by atoms with E-state index in [-0.39, 0.29) is 28.9 Å². The number of pyridine rings is 1. The summed E-state index contributed by atoms with van der Waals surface area (Å²) in [7, 11) is 3.49. The first-order valence-corrected chi connectivity index (χ1v) is 12.9. The summed E-state index contributed by atoms with van der Waals surface area (Å²) in [6.07, 6.45) is -3.52. The molecule has 2 heterocycles. The molecule has 0 spiro atoms. The molecule has 14 heteroatoms. The van der Waals surface area contributed by atoms with Crippen molar-refractivity contribution >= 4 is 23.2 Å². The second-order valence-corrected chi connectivity index (χ2v) is 10.0. The number of nitrogen functional groups attached to an aromatic ring is 1. The molecule has 9 nitrogen and oxygen atoms in total. The highest BCUT2D eigenvalue weighted by molar-refractivity contribution is 6.00. The lowest BCUT2D eigenvalue weighted by atomic mass is 9.94. The molecule has 2 aromatic heterocycles. The number of hydrogen-bond donors (Lipinski definition) is 3. The predicted octanol–water partition coefficient (Wildman–Crippen LogP) is 4.40. The van der Waals surface area contributed by atoms with Gasteiger partial charge in [-0.3, -0.25) is 19.3 Å². The second-order valence-electron chi connectivity index (χ2n) is 10.0. The van der Waals surface area contributed by atoms with Gasteiger partial charge < -0.3 is 21.7 Å². The van der Waals surface area contributed by atoms with Crippen LogP contribution in [0.25, 0.3) is 11.1 Å². The third-order valence-corrected chi connectivity index (χ3v) is 6.74. The number of nitrogens with one attached hydrogen (secondary N) is 1. The lowest BCUT2D eigenvalue weighted by Gasteiger charge is -2.23. The molecule has 4 rings (SSSR count). The van der Waals surface area contributed by atoms with Crippen LogP contribution in [0.4, 0.5) is 33.3 Å². The van der Waals surface area contributed by atoms with E-state index in [0.717, 1.165) is 16.8 Å². The Balaban J connectivity index is 1.76. The Hall–Kier alpha value is -5.01. The number of primary amides is 1. The van der Waals surface area contributed by atoms with E-state index in [0.29, 0.717) is 22.9 Å². The summed E-state index contributed by atoms with van der Waals surface area (Å²) < 4.78 is 68.9. The smallest absolute Gasteiger partial charge is 0.395 e. The van der Waals surface area contributed by atoms with Crippen molar-refractivity contribution in [1.29, 1.82) is 0 Å². The molecule has 1 atom stereocenters. The van der Waals surface area contributed by atoms with Crippen molar-refractivity contribution < 1.29 is 31.5 Å². The van der Waals surface area contributed by atoms with Gasteiger partial charge in [-0.25, -0.2) is 8.78 Å². The summed E-state index contributed by atoms with van der Waals surface area (Å²) in [5.41, 5.74) is 11.4. The fourth-order valence-corrected chi connectivity index (χ4v) is 4.71. The van der Waals surface area contributed by atoms with Gasteiger partial charge in [0.15, 0.2) is 5.69 Å². The largest absolute Gasteiger partial charge is 0.437 e. The molecule has 0 saturated carbocycles. The number of carbonyl (C=O) groups excluding carboxylic acids is 2. The van der Waals surface area contributed by atoms with E-state index in [2.05, 4.69) is 15.4 Å². The van der Waals surface area contributed by atoms with Crippen LogP contribution in [0.2, 0.25) is 0 Å². The van der Waals surface area contributed by atoms with E-state index in [9.17, 15) is 31.5 Å². The van der Waals surface area contributed by atoms with Crippen molar-refractivity contribution in [3.63, 3.8) is 0 Å². The summed E-state index contributed by atoms with van der Waals surface area (Å²) in [4.78, 5) is 31.6. The molecule has 0 unspecified atom stereocenters. The zero-order valence-corrected chi connectivity index (χ0v) is 23.3. The van der Waals surface area contributed by atoms with Crippen molar-refractivity contribution in [3.05, 3.63) is 94.6 Å². The van der Waals surface area contributed by atoms with Gasteiger partial charge >= 0.3 is 6.18 Å².